The van der Waals surface area contributed by atoms with Gasteiger partial charge in [0.1, 0.15) is 11.5 Å². The minimum atomic E-state index is -0.166. The van der Waals surface area contributed by atoms with E-state index in [-0.39, 0.29) is 5.91 Å². The first-order valence-electron chi connectivity index (χ1n) is 5.75. The van der Waals surface area contributed by atoms with E-state index in [1.165, 1.54) is 11.1 Å². The van der Waals surface area contributed by atoms with Gasteiger partial charge in [0.25, 0.3) is 5.91 Å². The van der Waals surface area contributed by atoms with Crippen molar-refractivity contribution in [3.8, 4) is 0 Å². The van der Waals surface area contributed by atoms with Crippen LogP contribution in [0.25, 0.3) is 0 Å². The molecule has 0 aliphatic carbocycles. The van der Waals surface area contributed by atoms with E-state index >= 15 is 0 Å². The zero-order valence-electron chi connectivity index (χ0n) is 11.0. The highest BCUT2D eigenvalue weighted by molar-refractivity contribution is 7.09. The standard InChI is InChI=1S/C12H15N5OS/c1-8-15-9(7-19-8)4-14-11-6-13-5-10(16-11)12(18)17(2)3/h5-7H,4H2,1-3H3,(H,14,16). The van der Waals surface area contributed by atoms with Crippen molar-refractivity contribution in [2.75, 3.05) is 19.4 Å². The molecule has 0 unspecified atom stereocenters. The van der Waals surface area contributed by atoms with E-state index in [1.54, 1.807) is 31.6 Å². The van der Waals surface area contributed by atoms with Crippen molar-refractivity contribution in [2.45, 2.75) is 13.5 Å². The third kappa shape index (κ3) is 3.47. The first-order chi connectivity index (χ1) is 9.06. The topological polar surface area (TPSA) is 71.0 Å². The molecule has 0 fully saturated rings. The van der Waals surface area contributed by atoms with Gasteiger partial charge in [0.2, 0.25) is 0 Å². The van der Waals surface area contributed by atoms with Gasteiger partial charge in [-0.3, -0.25) is 9.78 Å². The summed E-state index contributed by atoms with van der Waals surface area (Å²) in [5.74, 6) is 0.402. The van der Waals surface area contributed by atoms with Crippen molar-refractivity contribution in [3.05, 3.63) is 34.2 Å². The molecule has 0 aliphatic heterocycles. The van der Waals surface area contributed by atoms with Crippen LogP contribution in [0.15, 0.2) is 17.8 Å². The minimum Gasteiger partial charge on any atom is -0.363 e. The molecule has 2 aromatic heterocycles. The van der Waals surface area contributed by atoms with Crippen molar-refractivity contribution in [1.82, 2.24) is 19.9 Å². The number of carbonyl (C=O) groups is 1. The number of nitrogens with zero attached hydrogens (tertiary/aromatic N) is 4. The number of hydrogen-bond acceptors (Lipinski definition) is 6. The molecular formula is C12H15N5OS. The molecule has 0 aromatic carbocycles. The van der Waals surface area contributed by atoms with E-state index in [0.717, 1.165) is 10.7 Å². The fraction of sp³-hybridized carbons (Fsp3) is 0.333. The van der Waals surface area contributed by atoms with Crippen LogP contribution >= 0.6 is 11.3 Å². The van der Waals surface area contributed by atoms with Crippen molar-refractivity contribution < 1.29 is 4.79 Å². The van der Waals surface area contributed by atoms with Crippen LogP contribution in [0.4, 0.5) is 5.82 Å². The molecule has 100 valence electrons. The quantitative estimate of drug-likeness (QED) is 0.918. The van der Waals surface area contributed by atoms with E-state index in [1.807, 2.05) is 12.3 Å². The number of nitrogens with one attached hydrogen (secondary N) is 1. The lowest BCUT2D eigenvalue weighted by Gasteiger charge is -2.10. The molecule has 1 amide bonds. The second-order valence-corrected chi connectivity index (χ2v) is 5.26. The summed E-state index contributed by atoms with van der Waals surface area (Å²) >= 11 is 1.60. The van der Waals surface area contributed by atoms with Gasteiger partial charge in [-0.2, -0.15) is 0 Å². The molecule has 0 saturated heterocycles. The first kappa shape index (κ1) is 13.4. The number of aryl methyl sites for hydroxylation is 1. The Balaban J connectivity index is 2.05. The molecule has 0 aliphatic rings. The van der Waals surface area contributed by atoms with Gasteiger partial charge in [0, 0.05) is 19.5 Å². The van der Waals surface area contributed by atoms with Gasteiger partial charge in [-0.05, 0) is 6.92 Å². The lowest BCUT2D eigenvalue weighted by molar-refractivity contribution is 0.0821. The summed E-state index contributed by atoms with van der Waals surface area (Å²) in [6.07, 6.45) is 3.05. The van der Waals surface area contributed by atoms with Gasteiger partial charge in [-0.25, -0.2) is 9.97 Å². The fourth-order valence-corrected chi connectivity index (χ4v) is 2.07. The number of carbonyl (C=O) groups excluding carboxylic acids is 1. The number of rotatable bonds is 4. The van der Waals surface area contributed by atoms with E-state index in [0.29, 0.717) is 18.1 Å². The highest BCUT2D eigenvalue weighted by Gasteiger charge is 2.10. The van der Waals surface area contributed by atoms with Crippen molar-refractivity contribution in [2.24, 2.45) is 0 Å². The van der Waals surface area contributed by atoms with Crippen molar-refractivity contribution in [1.29, 1.82) is 0 Å². The van der Waals surface area contributed by atoms with Crippen molar-refractivity contribution in [3.63, 3.8) is 0 Å². The van der Waals surface area contributed by atoms with Crippen LogP contribution < -0.4 is 5.32 Å². The molecule has 0 radical (unpaired) electrons. The Labute approximate surface area is 115 Å². The third-order valence-electron chi connectivity index (χ3n) is 2.38. The largest absolute Gasteiger partial charge is 0.363 e. The van der Waals surface area contributed by atoms with Gasteiger partial charge in [0.15, 0.2) is 0 Å². The Morgan fingerprint density at radius 3 is 2.79 bits per heavy atom. The molecule has 6 nitrogen and oxygen atoms in total. The second-order valence-electron chi connectivity index (χ2n) is 4.20. The highest BCUT2D eigenvalue weighted by Crippen LogP contribution is 2.10. The fourth-order valence-electron chi connectivity index (χ4n) is 1.45. The molecule has 0 spiro atoms. The molecule has 1 N–H and O–H groups in total. The summed E-state index contributed by atoms with van der Waals surface area (Å²) in [5, 5.41) is 6.13. The number of amides is 1. The van der Waals surface area contributed by atoms with Gasteiger partial charge in [-0.1, -0.05) is 0 Å². The van der Waals surface area contributed by atoms with Gasteiger partial charge < -0.3 is 10.2 Å². The summed E-state index contributed by atoms with van der Waals surface area (Å²) in [4.78, 5) is 25.8. The zero-order chi connectivity index (χ0) is 13.8. The monoisotopic (exact) mass is 277 g/mol. The maximum atomic E-state index is 11.8. The number of hydrogen-bond donors (Lipinski definition) is 1. The summed E-state index contributed by atoms with van der Waals surface area (Å²) in [6, 6.07) is 0. The van der Waals surface area contributed by atoms with Crippen LogP contribution in [-0.2, 0) is 6.54 Å². The molecule has 19 heavy (non-hydrogen) atoms. The Kier molecular flexibility index (Phi) is 4.06. The molecule has 0 saturated carbocycles. The van der Waals surface area contributed by atoms with Crippen LogP contribution in [0, 0.1) is 6.92 Å². The SMILES string of the molecule is Cc1nc(CNc2cncc(C(=O)N(C)C)n2)cs1. The third-order valence-corrected chi connectivity index (χ3v) is 3.20. The maximum Gasteiger partial charge on any atom is 0.273 e. The van der Waals surface area contributed by atoms with Gasteiger partial charge >= 0.3 is 0 Å². The molecule has 2 rings (SSSR count). The zero-order valence-corrected chi connectivity index (χ0v) is 11.9. The smallest absolute Gasteiger partial charge is 0.273 e. The summed E-state index contributed by atoms with van der Waals surface area (Å²) in [6.45, 7) is 2.53. The second kappa shape index (κ2) is 5.75. The highest BCUT2D eigenvalue weighted by atomic mass is 32.1. The summed E-state index contributed by atoms with van der Waals surface area (Å²) < 4.78 is 0. The number of thiazole rings is 1. The number of anilines is 1. The lowest BCUT2D eigenvalue weighted by Crippen LogP contribution is -2.23. The van der Waals surface area contributed by atoms with Crippen LogP contribution in [-0.4, -0.2) is 39.9 Å². The van der Waals surface area contributed by atoms with E-state index < -0.39 is 0 Å². The van der Waals surface area contributed by atoms with Crippen LogP contribution in [0.1, 0.15) is 21.2 Å². The average Bonchev–Trinajstić information content (AvgIpc) is 2.81. The summed E-state index contributed by atoms with van der Waals surface area (Å²) in [5.41, 5.74) is 1.28. The maximum absolute atomic E-state index is 11.8. The van der Waals surface area contributed by atoms with Crippen molar-refractivity contribution >= 4 is 23.1 Å². The van der Waals surface area contributed by atoms with Crippen LogP contribution in [0.5, 0.6) is 0 Å². The predicted octanol–water partition coefficient (Wildman–Crippen LogP) is 1.56. The Morgan fingerprint density at radius 1 is 1.37 bits per heavy atom. The molecular weight excluding hydrogens is 262 g/mol. The molecule has 0 bridgehead atoms. The van der Waals surface area contributed by atoms with E-state index in [9.17, 15) is 4.79 Å². The molecule has 0 atom stereocenters. The average molecular weight is 277 g/mol. The predicted molar refractivity (Wildman–Crippen MR) is 74.2 cm³/mol. The molecule has 2 aromatic rings. The Bertz CT molecular complexity index is 581. The Morgan fingerprint density at radius 2 is 2.16 bits per heavy atom. The number of aromatic nitrogens is 3. The minimum absolute atomic E-state index is 0.166. The van der Waals surface area contributed by atoms with Crippen LogP contribution in [0.2, 0.25) is 0 Å². The first-order valence-corrected chi connectivity index (χ1v) is 6.63. The van der Waals surface area contributed by atoms with Gasteiger partial charge in [-0.15, -0.1) is 11.3 Å². The lowest BCUT2D eigenvalue weighted by atomic mass is 10.4. The summed E-state index contributed by atoms with van der Waals surface area (Å²) in [7, 11) is 3.37. The molecule has 7 heteroatoms. The van der Waals surface area contributed by atoms with E-state index in [2.05, 4.69) is 20.3 Å². The molecule has 2 heterocycles. The van der Waals surface area contributed by atoms with Crippen LogP contribution in [0.3, 0.4) is 0 Å². The van der Waals surface area contributed by atoms with E-state index in [4.69, 9.17) is 0 Å². The normalized spacial score (nSPS) is 10.3. The van der Waals surface area contributed by atoms with Gasteiger partial charge in [0.05, 0.1) is 29.6 Å². The Hall–Kier alpha value is -2.02.